The van der Waals surface area contributed by atoms with Crippen LogP contribution in [-0.2, 0) is 0 Å². The molecule has 0 spiro atoms. The van der Waals surface area contributed by atoms with E-state index in [0.717, 1.165) is 6.42 Å². The van der Waals surface area contributed by atoms with Gasteiger partial charge in [-0.3, -0.25) is 4.79 Å². The first-order valence-corrected chi connectivity index (χ1v) is 7.24. The van der Waals surface area contributed by atoms with Crippen LogP contribution in [0.4, 0.5) is 5.69 Å². The van der Waals surface area contributed by atoms with Crippen LogP contribution >= 0.6 is 12.4 Å². The predicted octanol–water partition coefficient (Wildman–Crippen LogP) is 3.64. The Bertz CT molecular complexity index is 448. The van der Waals surface area contributed by atoms with Gasteiger partial charge in [0.1, 0.15) is 0 Å². The summed E-state index contributed by atoms with van der Waals surface area (Å²) in [6, 6.07) is 7.49. The molecule has 1 aliphatic carbocycles. The molecule has 2 atom stereocenters. The summed E-state index contributed by atoms with van der Waals surface area (Å²) in [7, 11) is 0. The van der Waals surface area contributed by atoms with Crippen LogP contribution in [0.1, 0.15) is 49.9 Å². The van der Waals surface area contributed by atoms with Crippen LogP contribution < -0.4 is 11.1 Å². The van der Waals surface area contributed by atoms with E-state index in [1.165, 1.54) is 19.3 Å². The molecule has 0 saturated heterocycles. The van der Waals surface area contributed by atoms with Gasteiger partial charge in [0.2, 0.25) is 0 Å². The molecule has 0 aromatic heterocycles. The number of hydrogen-bond acceptors (Lipinski definition) is 2. The summed E-state index contributed by atoms with van der Waals surface area (Å²) in [6.07, 6.45) is 4.81. The van der Waals surface area contributed by atoms with E-state index in [1.807, 2.05) is 12.1 Å². The highest BCUT2D eigenvalue weighted by molar-refractivity contribution is 5.95. The summed E-state index contributed by atoms with van der Waals surface area (Å²) in [5, 5.41) is 3.20. The minimum absolute atomic E-state index is 0. The SMILES string of the molecule is CC(C)C1CCCCC1NC(=O)c1cccc(N)c1.Cl. The maximum Gasteiger partial charge on any atom is 0.251 e. The molecule has 1 aromatic carbocycles. The number of rotatable bonds is 3. The predicted molar refractivity (Wildman–Crippen MR) is 86.2 cm³/mol. The normalized spacial score (nSPS) is 22.1. The van der Waals surface area contributed by atoms with Gasteiger partial charge in [0.25, 0.3) is 5.91 Å². The maximum atomic E-state index is 12.3. The molecule has 3 nitrogen and oxygen atoms in total. The highest BCUT2D eigenvalue weighted by Gasteiger charge is 2.28. The van der Waals surface area contributed by atoms with E-state index in [-0.39, 0.29) is 18.3 Å². The average molecular weight is 297 g/mol. The molecule has 3 N–H and O–H groups in total. The van der Waals surface area contributed by atoms with Crippen molar-refractivity contribution in [3.8, 4) is 0 Å². The second kappa shape index (κ2) is 7.53. The van der Waals surface area contributed by atoms with Gasteiger partial charge >= 0.3 is 0 Å². The Balaban J connectivity index is 0.00000200. The first-order valence-electron chi connectivity index (χ1n) is 7.24. The quantitative estimate of drug-likeness (QED) is 0.837. The molecule has 1 amide bonds. The first-order chi connectivity index (χ1) is 9.08. The van der Waals surface area contributed by atoms with Crippen molar-refractivity contribution in [1.82, 2.24) is 5.32 Å². The fourth-order valence-electron chi connectivity index (χ4n) is 3.07. The summed E-state index contributed by atoms with van der Waals surface area (Å²) >= 11 is 0. The van der Waals surface area contributed by atoms with Crippen molar-refractivity contribution in [2.45, 2.75) is 45.6 Å². The third-order valence-corrected chi connectivity index (χ3v) is 4.14. The molecule has 1 aliphatic rings. The minimum Gasteiger partial charge on any atom is -0.399 e. The third kappa shape index (κ3) is 4.14. The van der Waals surface area contributed by atoms with Crippen LogP contribution in [0.5, 0.6) is 0 Å². The molecule has 1 aromatic rings. The lowest BCUT2D eigenvalue weighted by molar-refractivity contribution is 0.0889. The standard InChI is InChI=1S/C16H24N2O.ClH/c1-11(2)14-8-3-4-9-15(14)18-16(19)12-6-5-7-13(17)10-12;/h5-7,10-11,14-15H,3-4,8-9,17H2,1-2H3,(H,18,19);1H. The number of benzene rings is 1. The molecule has 4 heteroatoms. The van der Waals surface area contributed by atoms with E-state index >= 15 is 0 Å². The van der Waals surface area contributed by atoms with Gasteiger partial charge in [0.15, 0.2) is 0 Å². The summed E-state index contributed by atoms with van der Waals surface area (Å²) in [6.45, 7) is 4.49. The molecular weight excluding hydrogens is 272 g/mol. The van der Waals surface area contributed by atoms with Gasteiger partial charge in [-0.2, -0.15) is 0 Å². The van der Waals surface area contributed by atoms with Crippen molar-refractivity contribution in [1.29, 1.82) is 0 Å². The zero-order chi connectivity index (χ0) is 13.8. The van der Waals surface area contributed by atoms with Gasteiger partial charge in [-0.1, -0.05) is 32.8 Å². The van der Waals surface area contributed by atoms with Crippen molar-refractivity contribution in [3.05, 3.63) is 29.8 Å². The number of nitrogens with one attached hydrogen (secondary N) is 1. The number of carbonyl (C=O) groups excluding carboxylic acids is 1. The summed E-state index contributed by atoms with van der Waals surface area (Å²) in [4.78, 5) is 12.3. The average Bonchev–Trinajstić information content (AvgIpc) is 2.39. The largest absolute Gasteiger partial charge is 0.399 e. The lowest BCUT2D eigenvalue weighted by Crippen LogP contribution is -2.43. The second-order valence-electron chi connectivity index (χ2n) is 5.90. The van der Waals surface area contributed by atoms with Crippen LogP contribution in [0.3, 0.4) is 0 Å². The van der Waals surface area contributed by atoms with Crippen molar-refractivity contribution >= 4 is 24.0 Å². The lowest BCUT2D eigenvalue weighted by Gasteiger charge is -2.34. The van der Waals surface area contributed by atoms with E-state index in [4.69, 9.17) is 5.73 Å². The Kier molecular flexibility index (Phi) is 6.34. The van der Waals surface area contributed by atoms with E-state index in [9.17, 15) is 4.79 Å². The van der Waals surface area contributed by atoms with Gasteiger partial charge < -0.3 is 11.1 Å². The zero-order valence-electron chi connectivity index (χ0n) is 12.3. The highest BCUT2D eigenvalue weighted by atomic mass is 35.5. The molecule has 2 rings (SSSR count). The van der Waals surface area contributed by atoms with Crippen molar-refractivity contribution < 1.29 is 4.79 Å². The monoisotopic (exact) mass is 296 g/mol. The number of nitrogens with two attached hydrogens (primary N) is 1. The third-order valence-electron chi connectivity index (χ3n) is 4.14. The van der Waals surface area contributed by atoms with E-state index in [2.05, 4.69) is 19.2 Å². The van der Waals surface area contributed by atoms with Gasteiger partial charge in [-0.25, -0.2) is 0 Å². The van der Waals surface area contributed by atoms with Crippen LogP contribution in [0.15, 0.2) is 24.3 Å². The minimum atomic E-state index is 0. The van der Waals surface area contributed by atoms with Crippen LogP contribution in [0.2, 0.25) is 0 Å². The van der Waals surface area contributed by atoms with Gasteiger partial charge in [0, 0.05) is 17.3 Å². The first kappa shape index (κ1) is 16.8. The maximum absolute atomic E-state index is 12.3. The number of anilines is 1. The molecule has 20 heavy (non-hydrogen) atoms. The molecule has 1 fully saturated rings. The number of carbonyl (C=O) groups is 1. The Labute approximate surface area is 127 Å². The van der Waals surface area contributed by atoms with Crippen molar-refractivity contribution in [2.24, 2.45) is 11.8 Å². The highest BCUT2D eigenvalue weighted by Crippen LogP contribution is 2.30. The van der Waals surface area contributed by atoms with Crippen molar-refractivity contribution in [2.75, 3.05) is 5.73 Å². The summed E-state index contributed by atoms with van der Waals surface area (Å²) in [5.41, 5.74) is 7.02. The fourth-order valence-corrected chi connectivity index (χ4v) is 3.07. The van der Waals surface area contributed by atoms with E-state index in [1.54, 1.807) is 12.1 Å². The zero-order valence-corrected chi connectivity index (χ0v) is 13.1. The Morgan fingerprint density at radius 1 is 1.30 bits per heavy atom. The molecule has 2 unspecified atom stereocenters. The molecular formula is C16H25ClN2O. The summed E-state index contributed by atoms with van der Waals surface area (Å²) < 4.78 is 0. The lowest BCUT2D eigenvalue weighted by atomic mass is 9.78. The molecule has 0 bridgehead atoms. The number of hydrogen-bond donors (Lipinski definition) is 2. The number of nitrogen functional groups attached to an aromatic ring is 1. The number of halogens is 1. The van der Waals surface area contributed by atoms with Gasteiger partial charge in [-0.05, 0) is 42.9 Å². The van der Waals surface area contributed by atoms with Crippen LogP contribution in [-0.4, -0.2) is 11.9 Å². The Morgan fingerprint density at radius 3 is 2.65 bits per heavy atom. The van der Waals surface area contributed by atoms with Crippen LogP contribution in [0, 0.1) is 11.8 Å². The second-order valence-corrected chi connectivity index (χ2v) is 5.90. The Hall–Kier alpha value is -1.22. The molecule has 0 aliphatic heterocycles. The Morgan fingerprint density at radius 2 is 2.00 bits per heavy atom. The molecule has 0 heterocycles. The smallest absolute Gasteiger partial charge is 0.251 e. The topological polar surface area (TPSA) is 55.1 Å². The van der Waals surface area contributed by atoms with Gasteiger partial charge in [-0.15, -0.1) is 12.4 Å². The van der Waals surface area contributed by atoms with E-state index in [0.29, 0.717) is 29.1 Å². The number of amides is 1. The van der Waals surface area contributed by atoms with E-state index < -0.39 is 0 Å². The molecule has 1 saturated carbocycles. The fraction of sp³-hybridized carbons (Fsp3) is 0.562. The van der Waals surface area contributed by atoms with Gasteiger partial charge in [0.05, 0.1) is 0 Å². The molecule has 0 radical (unpaired) electrons. The van der Waals surface area contributed by atoms with Crippen LogP contribution in [0.25, 0.3) is 0 Å². The molecule has 112 valence electrons. The van der Waals surface area contributed by atoms with Crippen molar-refractivity contribution in [3.63, 3.8) is 0 Å². The summed E-state index contributed by atoms with van der Waals surface area (Å²) in [5.74, 6) is 1.22.